The lowest BCUT2D eigenvalue weighted by atomic mass is 9.92. The number of aliphatic carboxylic acids is 1. The second kappa shape index (κ2) is 19.0. The normalized spacial score (nSPS) is 15.1. The first kappa shape index (κ1) is 43.7. The number of halogens is 3. The molecule has 1 atom stereocenters. The molecule has 314 valence electrons. The highest BCUT2D eigenvalue weighted by molar-refractivity contribution is 7.99. The molecule has 0 aliphatic carbocycles. The molecule has 5 aromatic carbocycles. The lowest BCUT2D eigenvalue weighted by Crippen LogP contribution is -2.54. The number of amides is 1. The number of aryl methyl sites for hydroxylation is 2. The zero-order chi connectivity index (χ0) is 43.0. The van der Waals surface area contributed by atoms with Crippen LogP contribution in [0.15, 0.2) is 125 Å². The Kier molecular flexibility index (Phi) is 13.8. The van der Waals surface area contributed by atoms with Gasteiger partial charge < -0.3 is 15.3 Å². The first-order chi connectivity index (χ1) is 28.6. The van der Waals surface area contributed by atoms with Crippen LogP contribution in [0.2, 0.25) is 0 Å². The molecule has 0 saturated carbocycles. The molecule has 0 spiro atoms. The molecular formula is C43H42F3N5O7S2. The van der Waals surface area contributed by atoms with Gasteiger partial charge in [0.15, 0.2) is 0 Å². The Bertz CT molecular complexity index is 2450. The number of carboxylic acid groups (broad SMARTS) is 1. The lowest BCUT2D eigenvalue weighted by Gasteiger charge is -2.46. The third-order valence-electron chi connectivity index (χ3n) is 10.1. The highest BCUT2D eigenvalue weighted by Gasteiger charge is 2.38. The quantitative estimate of drug-likeness (QED) is 0.0480. The standard InChI is InChI=1S/C41H41N5O5S2.C2HF3O2/c1-29-11-13-30(14-12-29)37-10-6-5-7-33(37)27-44-22-23-45-34(28-44)17-15-31-25-32(16-20-39(31)45)41(47)43-53(50,51)36-18-19-38(40(26-36)46(48)49)42-21-24-52-35-8-3-2-4-9-35;3-2(4,5)1(6)7/h2-14,16,18-20,25-26,34,42H,15,17,21-24,27-28H2,1H3,(H,43,47);(H,6,7)/t34-;/m0./s1. The van der Waals surface area contributed by atoms with Crippen molar-refractivity contribution in [3.05, 3.63) is 148 Å². The molecular weight excluding hydrogens is 820 g/mol. The molecule has 1 saturated heterocycles. The van der Waals surface area contributed by atoms with E-state index in [1.807, 2.05) is 36.4 Å². The van der Waals surface area contributed by atoms with Crippen LogP contribution in [0.1, 0.15) is 33.5 Å². The summed E-state index contributed by atoms with van der Waals surface area (Å²) in [6.45, 7) is 6.07. The summed E-state index contributed by atoms with van der Waals surface area (Å²) in [5.41, 5.74) is 7.14. The first-order valence-corrected chi connectivity index (χ1v) is 21.4. The van der Waals surface area contributed by atoms with Crippen LogP contribution >= 0.6 is 11.8 Å². The van der Waals surface area contributed by atoms with E-state index in [0.717, 1.165) is 61.2 Å². The molecule has 17 heteroatoms. The number of rotatable bonds is 12. The van der Waals surface area contributed by atoms with Gasteiger partial charge in [0.25, 0.3) is 21.6 Å². The zero-order valence-electron chi connectivity index (χ0n) is 32.4. The number of hydrogen-bond donors (Lipinski definition) is 3. The monoisotopic (exact) mass is 861 g/mol. The van der Waals surface area contributed by atoms with Crippen LogP contribution in [0.25, 0.3) is 11.1 Å². The van der Waals surface area contributed by atoms with E-state index in [1.54, 1.807) is 23.9 Å². The summed E-state index contributed by atoms with van der Waals surface area (Å²) in [7, 11) is -4.39. The number of fused-ring (bicyclic) bond motifs is 3. The van der Waals surface area contributed by atoms with E-state index in [9.17, 15) is 36.5 Å². The number of nitrogens with zero attached hydrogens (tertiary/aromatic N) is 3. The average molecular weight is 862 g/mol. The number of nitro benzene ring substituents is 1. The van der Waals surface area contributed by atoms with E-state index in [2.05, 4.69) is 75.3 Å². The molecule has 0 aromatic heterocycles. The Labute approximate surface area is 349 Å². The number of piperazine rings is 1. The zero-order valence-corrected chi connectivity index (χ0v) is 34.0. The second-order valence-electron chi connectivity index (χ2n) is 14.2. The van der Waals surface area contributed by atoms with Crippen molar-refractivity contribution in [1.29, 1.82) is 0 Å². The van der Waals surface area contributed by atoms with Crippen molar-refractivity contribution in [3.63, 3.8) is 0 Å². The van der Waals surface area contributed by atoms with E-state index in [0.29, 0.717) is 18.3 Å². The first-order valence-electron chi connectivity index (χ1n) is 18.9. The van der Waals surface area contributed by atoms with E-state index in [4.69, 9.17) is 9.90 Å². The molecule has 0 radical (unpaired) electrons. The van der Waals surface area contributed by atoms with Gasteiger partial charge in [-0.3, -0.25) is 19.8 Å². The topological polar surface area (TPSA) is 162 Å². The molecule has 2 aliphatic rings. The molecule has 7 rings (SSSR count). The number of alkyl halides is 3. The van der Waals surface area contributed by atoms with Crippen molar-refractivity contribution < 1.29 is 41.2 Å². The number of carbonyl (C=O) groups is 2. The SMILES string of the molecule is Cc1ccc(-c2ccccc2CN2CCN3c4ccc(C(=O)NS(=O)(=O)c5ccc(NCCSc6ccccc6)c([N+](=O)[O-])c5)cc4CC[C@H]3C2)cc1.O=C(O)C(F)(F)F. The van der Waals surface area contributed by atoms with E-state index >= 15 is 0 Å². The molecule has 1 amide bonds. The summed E-state index contributed by atoms with van der Waals surface area (Å²) >= 11 is 1.60. The van der Waals surface area contributed by atoms with E-state index in [-0.39, 0.29) is 21.8 Å². The Hall–Kier alpha value is -5.91. The Morgan fingerprint density at radius 1 is 0.933 bits per heavy atom. The predicted octanol–water partition coefficient (Wildman–Crippen LogP) is 8.16. The third-order valence-corrected chi connectivity index (χ3v) is 12.5. The van der Waals surface area contributed by atoms with Crippen molar-refractivity contribution in [2.24, 2.45) is 0 Å². The van der Waals surface area contributed by atoms with E-state index in [1.165, 1.54) is 34.4 Å². The van der Waals surface area contributed by atoms with Gasteiger partial charge in [-0.15, -0.1) is 11.8 Å². The highest BCUT2D eigenvalue weighted by atomic mass is 32.2. The van der Waals surface area contributed by atoms with Crippen LogP contribution in [-0.2, 0) is 27.8 Å². The van der Waals surface area contributed by atoms with Crippen LogP contribution in [0.3, 0.4) is 0 Å². The summed E-state index contributed by atoms with van der Waals surface area (Å²) in [5.74, 6) is -2.89. The molecule has 5 aromatic rings. The number of anilines is 2. The number of carbonyl (C=O) groups excluding carboxylic acids is 1. The van der Waals surface area contributed by atoms with Crippen molar-refractivity contribution in [1.82, 2.24) is 9.62 Å². The number of nitro groups is 1. The molecule has 2 heterocycles. The smallest absolute Gasteiger partial charge is 0.475 e. The van der Waals surface area contributed by atoms with Crippen LogP contribution in [0, 0.1) is 17.0 Å². The van der Waals surface area contributed by atoms with Gasteiger partial charge in [0.2, 0.25) is 0 Å². The fourth-order valence-electron chi connectivity index (χ4n) is 7.16. The van der Waals surface area contributed by atoms with Crippen LogP contribution in [-0.4, -0.2) is 79.4 Å². The van der Waals surface area contributed by atoms with E-state index < -0.39 is 33.0 Å². The largest absolute Gasteiger partial charge is 0.490 e. The highest BCUT2D eigenvalue weighted by Crippen LogP contribution is 2.35. The number of nitrogens with one attached hydrogen (secondary N) is 2. The summed E-state index contributed by atoms with van der Waals surface area (Å²) in [6, 6.07) is 36.3. The number of sulfonamides is 1. The number of benzene rings is 5. The predicted molar refractivity (Wildman–Crippen MR) is 225 cm³/mol. The van der Waals surface area contributed by atoms with Gasteiger partial charge in [-0.2, -0.15) is 13.2 Å². The van der Waals surface area contributed by atoms with Crippen LogP contribution in [0.4, 0.5) is 30.2 Å². The lowest BCUT2D eigenvalue weighted by molar-refractivity contribution is -0.384. The molecule has 0 bridgehead atoms. The fraction of sp³-hybridized carbons (Fsp3) is 0.256. The minimum absolute atomic E-state index is 0.204. The van der Waals surface area contributed by atoms with Gasteiger partial charge >= 0.3 is 12.1 Å². The maximum absolute atomic E-state index is 13.3. The van der Waals surface area contributed by atoms with Crippen molar-refractivity contribution in [3.8, 4) is 11.1 Å². The molecule has 0 unspecified atom stereocenters. The molecule has 2 aliphatic heterocycles. The summed E-state index contributed by atoms with van der Waals surface area (Å²) in [6.07, 6.45) is -3.40. The van der Waals surface area contributed by atoms with Gasteiger partial charge in [0.05, 0.1) is 9.82 Å². The van der Waals surface area contributed by atoms with Crippen molar-refractivity contribution in [2.75, 3.05) is 42.1 Å². The minimum atomic E-state index is -5.08. The van der Waals surface area contributed by atoms with Gasteiger partial charge in [0.1, 0.15) is 5.69 Å². The molecule has 3 N–H and O–H groups in total. The summed E-state index contributed by atoms with van der Waals surface area (Å²) in [5, 5.41) is 22.0. The summed E-state index contributed by atoms with van der Waals surface area (Å²) < 4.78 is 60.4. The Morgan fingerprint density at radius 3 is 2.33 bits per heavy atom. The van der Waals surface area contributed by atoms with Crippen molar-refractivity contribution in [2.45, 2.75) is 48.3 Å². The molecule has 60 heavy (non-hydrogen) atoms. The Balaban J connectivity index is 0.000000793. The minimum Gasteiger partial charge on any atom is -0.475 e. The number of carboxylic acids is 1. The fourth-order valence-corrected chi connectivity index (χ4v) is 8.94. The molecule has 12 nitrogen and oxygen atoms in total. The maximum Gasteiger partial charge on any atom is 0.490 e. The maximum atomic E-state index is 13.3. The summed E-state index contributed by atoms with van der Waals surface area (Å²) in [4.78, 5) is 39.1. The number of hydrogen-bond acceptors (Lipinski definition) is 10. The average Bonchev–Trinajstić information content (AvgIpc) is 3.22. The third kappa shape index (κ3) is 11.0. The Morgan fingerprint density at radius 2 is 1.63 bits per heavy atom. The van der Waals surface area contributed by atoms with Gasteiger partial charge in [-0.1, -0.05) is 72.3 Å². The van der Waals surface area contributed by atoms with Gasteiger partial charge in [0, 0.05) is 66.7 Å². The second-order valence-corrected chi connectivity index (χ2v) is 17.1. The van der Waals surface area contributed by atoms with Gasteiger partial charge in [-0.05, 0) is 84.5 Å². The number of thioether (sulfide) groups is 1. The molecule has 1 fully saturated rings. The van der Waals surface area contributed by atoms with Crippen molar-refractivity contribution >= 4 is 50.7 Å². The van der Waals surface area contributed by atoms with Gasteiger partial charge in [-0.25, -0.2) is 17.9 Å². The van der Waals surface area contributed by atoms with Crippen LogP contribution in [0.5, 0.6) is 0 Å². The van der Waals surface area contributed by atoms with Crippen LogP contribution < -0.4 is 14.9 Å².